The van der Waals surface area contributed by atoms with Gasteiger partial charge in [0, 0.05) is 60.2 Å². The summed E-state index contributed by atoms with van der Waals surface area (Å²) in [5, 5.41) is 48.3. The molecule has 4 rings (SSSR count). The number of likely N-dealkylation sites (tertiary alicyclic amines) is 1. The molecule has 2 aromatic carbocycles. The third-order valence-electron chi connectivity index (χ3n) is 19.3. The molecule has 8 N–H and O–H groups in total. The van der Waals surface area contributed by atoms with Crippen LogP contribution in [-0.4, -0.2) is 269 Å². The van der Waals surface area contributed by atoms with Crippen molar-refractivity contribution in [1.29, 1.82) is 0 Å². The third-order valence-corrected chi connectivity index (χ3v) is 19.3. The number of amides is 11. The molecule has 578 valence electrons. The highest BCUT2D eigenvalue weighted by Gasteiger charge is 2.44. The van der Waals surface area contributed by atoms with Gasteiger partial charge in [-0.1, -0.05) is 144 Å². The van der Waals surface area contributed by atoms with Gasteiger partial charge in [-0.05, 0) is 106 Å². The van der Waals surface area contributed by atoms with Gasteiger partial charge in [0.05, 0.1) is 51.0 Å². The van der Waals surface area contributed by atoms with E-state index >= 15 is 28.8 Å². The Morgan fingerprint density at radius 3 is 1.46 bits per heavy atom. The second kappa shape index (κ2) is 41.2. The zero-order chi connectivity index (χ0) is 77.5. The fourth-order valence-corrected chi connectivity index (χ4v) is 12.9. The van der Waals surface area contributed by atoms with Gasteiger partial charge in [-0.3, -0.25) is 57.6 Å². The number of carbonyl (C=O) groups is 11. The molecule has 2 fully saturated rings. The molecule has 2 aliphatic rings. The number of carbonyl (C=O) groups excluding carboxylic acids is 11. The predicted octanol–water partition coefficient (Wildman–Crippen LogP) is 2.95. The van der Waals surface area contributed by atoms with Crippen LogP contribution in [0, 0.1) is 35.0 Å². The fraction of sp³-hybridized carbons (Fsp3) is 0.697. The predicted molar refractivity (Wildman–Crippen MR) is 392 cm³/mol. The van der Waals surface area contributed by atoms with E-state index in [1.165, 1.54) is 68.8 Å². The summed E-state index contributed by atoms with van der Waals surface area (Å²) in [7, 11) is 8.37. The SMILES string of the molecule is CC(C)C[C@@H]1NC(=O)[C@H](Cc2ccccc2)N(C)C(O)[C@@H](C(C)C)NC(=O)C[C@@H](C(=O)N2CCCCC2)NC(=O)[C@H](CC(C)C)N(C)C(=O)[C@H](Cc2ccccc2)N(C)C(=O)[C@H](COCC(C)(C)CO)NC(=O)[C@H](CC(C)C)N(C)C(=O)CN(C)C(=O)[C@H]([C@@H](C)O)NC(=O)[C@H](CC(C)C)N(C)C1=O. The van der Waals surface area contributed by atoms with Gasteiger partial charge in [0.25, 0.3) is 0 Å². The van der Waals surface area contributed by atoms with Crippen LogP contribution in [0.2, 0.25) is 0 Å². The number of nitrogens with zero attached hydrogens (tertiary/aromatic N) is 7. The van der Waals surface area contributed by atoms with E-state index in [0.717, 1.165) is 16.2 Å². The largest absolute Gasteiger partial charge is 0.396 e. The maximum Gasteiger partial charge on any atom is 0.248 e. The quantitative estimate of drug-likeness (QED) is 0.0945. The second-order valence-electron chi connectivity index (χ2n) is 31.3. The van der Waals surface area contributed by atoms with Crippen LogP contribution in [-0.2, 0) is 70.3 Å². The Morgan fingerprint density at radius 2 is 0.971 bits per heavy atom. The molecule has 0 spiro atoms. The van der Waals surface area contributed by atoms with E-state index in [2.05, 4.69) is 26.6 Å². The Kier molecular flexibility index (Phi) is 35.1. The molecule has 2 saturated heterocycles. The van der Waals surface area contributed by atoms with E-state index in [1.54, 1.807) is 93.3 Å². The van der Waals surface area contributed by atoms with Gasteiger partial charge >= 0.3 is 0 Å². The van der Waals surface area contributed by atoms with E-state index in [4.69, 9.17) is 4.74 Å². The van der Waals surface area contributed by atoms with Crippen molar-refractivity contribution in [3.63, 3.8) is 0 Å². The third kappa shape index (κ3) is 26.5. The Hall–Kier alpha value is -7.59. The second-order valence-corrected chi connectivity index (χ2v) is 31.3. The highest BCUT2D eigenvalue weighted by Crippen LogP contribution is 2.24. The average Bonchev–Trinajstić information content (AvgIpc) is 0.817. The minimum absolute atomic E-state index is 0.00149. The lowest BCUT2D eigenvalue weighted by atomic mass is 9.96. The Labute approximate surface area is 611 Å². The Bertz CT molecular complexity index is 3110. The van der Waals surface area contributed by atoms with Crippen molar-refractivity contribution in [3.05, 3.63) is 71.8 Å². The molecule has 2 aliphatic heterocycles. The lowest BCUT2D eigenvalue weighted by Crippen LogP contribution is -2.63. The Morgan fingerprint density at radius 1 is 0.534 bits per heavy atom. The number of aliphatic hydroxyl groups excluding tert-OH is 3. The first-order chi connectivity index (χ1) is 48.2. The number of nitrogens with one attached hydrogen (secondary N) is 5. The molecular formula is C76H124N12O15. The summed E-state index contributed by atoms with van der Waals surface area (Å²) in [5.41, 5.74) is 0.495. The lowest BCUT2D eigenvalue weighted by molar-refractivity contribution is -0.151. The summed E-state index contributed by atoms with van der Waals surface area (Å²) in [6, 6.07) is 4.22. The number of likely N-dealkylation sites (N-methyl/N-ethyl adjacent to an activating group) is 6. The molecule has 103 heavy (non-hydrogen) atoms. The van der Waals surface area contributed by atoms with Gasteiger partial charge in [0.2, 0.25) is 65.0 Å². The number of benzene rings is 2. The fourth-order valence-electron chi connectivity index (χ4n) is 12.9. The zero-order valence-corrected chi connectivity index (χ0v) is 64.8. The highest BCUT2D eigenvalue weighted by molar-refractivity contribution is 5.99. The average molecular weight is 1450 g/mol. The number of piperidine rings is 1. The summed E-state index contributed by atoms with van der Waals surface area (Å²) in [6.45, 7) is 22.1. The van der Waals surface area contributed by atoms with E-state index in [1.807, 2.05) is 55.4 Å². The summed E-state index contributed by atoms with van der Waals surface area (Å²) < 4.78 is 6.11. The first kappa shape index (κ1) is 87.8. The Balaban J connectivity index is 2.00. The number of aliphatic hydroxyl groups is 3. The smallest absolute Gasteiger partial charge is 0.248 e. The van der Waals surface area contributed by atoms with Crippen LogP contribution in [0.15, 0.2) is 60.7 Å². The first-order valence-electron chi connectivity index (χ1n) is 36.7. The molecule has 0 aliphatic carbocycles. The van der Waals surface area contributed by atoms with Crippen molar-refractivity contribution in [2.75, 3.05) is 81.7 Å². The van der Waals surface area contributed by atoms with Crippen LogP contribution in [0.1, 0.15) is 153 Å². The first-order valence-corrected chi connectivity index (χ1v) is 36.7. The van der Waals surface area contributed by atoms with Crippen LogP contribution in [0.25, 0.3) is 0 Å². The molecule has 27 nitrogen and oxygen atoms in total. The van der Waals surface area contributed by atoms with Crippen molar-refractivity contribution in [1.82, 2.24) is 60.9 Å². The van der Waals surface area contributed by atoms with Crippen molar-refractivity contribution < 1.29 is 72.8 Å². The van der Waals surface area contributed by atoms with Crippen LogP contribution < -0.4 is 26.6 Å². The van der Waals surface area contributed by atoms with Crippen LogP contribution >= 0.6 is 0 Å². The number of hydrogen-bond donors (Lipinski definition) is 8. The van der Waals surface area contributed by atoms with Crippen molar-refractivity contribution >= 4 is 65.0 Å². The highest BCUT2D eigenvalue weighted by atomic mass is 16.5. The van der Waals surface area contributed by atoms with Crippen molar-refractivity contribution in [2.24, 2.45) is 35.0 Å². The molecule has 0 saturated carbocycles. The van der Waals surface area contributed by atoms with Crippen molar-refractivity contribution in [3.8, 4) is 0 Å². The molecule has 0 radical (unpaired) electrons. The van der Waals surface area contributed by atoms with Crippen LogP contribution in [0.4, 0.5) is 0 Å². The monoisotopic (exact) mass is 1440 g/mol. The van der Waals surface area contributed by atoms with Gasteiger partial charge in [-0.25, -0.2) is 0 Å². The topological polar surface area (TPSA) is 341 Å². The van der Waals surface area contributed by atoms with E-state index in [-0.39, 0.29) is 75.4 Å². The molecule has 1 unspecified atom stereocenters. The van der Waals surface area contributed by atoms with Gasteiger partial charge in [0.15, 0.2) is 0 Å². The van der Waals surface area contributed by atoms with E-state index in [0.29, 0.717) is 37.1 Å². The molecule has 0 bridgehead atoms. The normalized spacial score (nSPS) is 25.7. The minimum atomic E-state index is -1.67. The summed E-state index contributed by atoms with van der Waals surface area (Å²) in [4.78, 5) is 174. The molecule has 27 heteroatoms. The van der Waals surface area contributed by atoms with Crippen LogP contribution in [0.3, 0.4) is 0 Å². The molecule has 2 heterocycles. The zero-order valence-electron chi connectivity index (χ0n) is 64.8. The van der Waals surface area contributed by atoms with E-state index in [9.17, 15) is 39.3 Å². The standard InChI is InChI=1S/C76H124N12O15/c1-46(2)35-54-70(97)84(16)59(38-49(7)8)69(96)81-65(51(11)90)74(101)82(14)42-63(92)83(15)57(36-47(3)4)66(93)79-56(43-103-45-76(12,13)44-89)71(98)87(19)61(40-53-31-25-21-26-32-53)73(100)85(17)58(37-48(5)6)67(94)78-55(72(99)88-33-27-22-28-34-88)41-62(91)80-64(50(9)10)75(102)86(18)60(68(95)77-54)39-52-29-23-20-24-30-52/h20-21,23-26,29-32,46-51,54-61,64-65,75,89-90,102H,22,27-28,33-45H2,1-19H3,(H,77,95)(H,78,94)(H,79,93)(H,80,91)(H,81,96)/t51-,54+,55+,56+,57+,58+,59+,60+,61+,64-,65+,75?/m1/s1. The molecule has 0 aromatic heterocycles. The summed E-state index contributed by atoms with van der Waals surface area (Å²) >= 11 is 0. The summed E-state index contributed by atoms with van der Waals surface area (Å²) in [5.74, 6) is -9.65. The number of rotatable bonds is 20. The number of ether oxygens (including phenoxy) is 1. The lowest BCUT2D eigenvalue weighted by Gasteiger charge is -2.39. The number of hydrogen-bond acceptors (Lipinski definition) is 16. The maximum atomic E-state index is 15.6. The summed E-state index contributed by atoms with van der Waals surface area (Å²) in [6.07, 6.45) is -1.44. The minimum Gasteiger partial charge on any atom is -0.396 e. The molecule has 2 aromatic rings. The van der Waals surface area contributed by atoms with Gasteiger partial charge in [0.1, 0.15) is 54.6 Å². The van der Waals surface area contributed by atoms with E-state index < -0.39 is 169 Å². The molecule has 11 amide bonds. The molecule has 12 atom stereocenters. The van der Waals surface area contributed by atoms with Crippen LogP contribution in [0.5, 0.6) is 0 Å². The van der Waals surface area contributed by atoms with Crippen molar-refractivity contribution in [2.45, 2.75) is 227 Å². The maximum absolute atomic E-state index is 15.6. The van der Waals surface area contributed by atoms with Gasteiger partial charge < -0.3 is 76.0 Å². The van der Waals surface area contributed by atoms with Gasteiger partial charge in [-0.15, -0.1) is 0 Å². The molecular weight excluding hydrogens is 1320 g/mol. The van der Waals surface area contributed by atoms with Gasteiger partial charge in [-0.2, -0.15) is 0 Å².